The number of nitrogens with zero attached hydrogens (tertiary/aromatic N) is 1. The highest BCUT2D eigenvalue weighted by molar-refractivity contribution is 5.95. The molecule has 2 rings (SSSR count). The lowest BCUT2D eigenvalue weighted by molar-refractivity contribution is -0.118. The van der Waals surface area contributed by atoms with Crippen LogP contribution in [0.3, 0.4) is 0 Å². The van der Waals surface area contributed by atoms with Crippen LogP contribution in [-0.2, 0) is 11.2 Å². The molecule has 0 aliphatic heterocycles. The number of methoxy groups -OCH3 is 1. The second kappa shape index (κ2) is 7.46. The van der Waals surface area contributed by atoms with Gasteiger partial charge in [0.25, 0.3) is 0 Å². The van der Waals surface area contributed by atoms with E-state index in [1.54, 1.807) is 7.11 Å². The summed E-state index contributed by atoms with van der Waals surface area (Å²) in [6, 6.07) is 15.4. The molecule has 0 spiro atoms. The number of rotatable bonds is 5. The highest BCUT2D eigenvalue weighted by Crippen LogP contribution is 2.22. The lowest BCUT2D eigenvalue weighted by Crippen LogP contribution is -2.24. The van der Waals surface area contributed by atoms with E-state index >= 15 is 0 Å². The second-order valence-corrected chi connectivity index (χ2v) is 5.51. The van der Waals surface area contributed by atoms with Gasteiger partial charge < -0.3 is 10.1 Å². The summed E-state index contributed by atoms with van der Waals surface area (Å²) in [7, 11) is 1.58. The van der Waals surface area contributed by atoms with Crippen molar-refractivity contribution in [2.24, 2.45) is 5.92 Å². The topological polar surface area (TPSA) is 62.1 Å². The van der Waals surface area contributed by atoms with Crippen LogP contribution in [0.4, 0.5) is 5.69 Å². The predicted octanol–water partition coefficient (Wildman–Crippen LogP) is 3.63. The van der Waals surface area contributed by atoms with Gasteiger partial charge in [-0.2, -0.15) is 5.26 Å². The highest BCUT2D eigenvalue weighted by atomic mass is 16.5. The van der Waals surface area contributed by atoms with E-state index < -0.39 is 5.92 Å². The van der Waals surface area contributed by atoms with Crippen molar-refractivity contribution in [3.8, 4) is 11.8 Å². The lowest BCUT2D eigenvalue weighted by atomic mass is 9.98. The summed E-state index contributed by atoms with van der Waals surface area (Å²) in [5.74, 6) is -0.384. The van der Waals surface area contributed by atoms with Gasteiger partial charge in [-0.1, -0.05) is 30.3 Å². The minimum atomic E-state index is -0.772. The van der Waals surface area contributed by atoms with Gasteiger partial charge in [0.1, 0.15) is 11.7 Å². The number of nitriles is 1. The van der Waals surface area contributed by atoms with Crippen LogP contribution in [0.5, 0.6) is 5.75 Å². The molecule has 0 saturated heterocycles. The number of carbonyl (C=O) groups is 1. The Morgan fingerprint density at radius 1 is 1.26 bits per heavy atom. The van der Waals surface area contributed by atoms with Crippen LogP contribution in [0.1, 0.15) is 16.7 Å². The summed E-state index contributed by atoms with van der Waals surface area (Å²) in [6.45, 7) is 3.89. The van der Waals surface area contributed by atoms with Gasteiger partial charge in [0.05, 0.1) is 13.2 Å². The summed E-state index contributed by atoms with van der Waals surface area (Å²) in [5, 5.41) is 12.2. The zero-order valence-corrected chi connectivity index (χ0v) is 13.6. The van der Waals surface area contributed by atoms with E-state index in [2.05, 4.69) is 11.4 Å². The van der Waals surface area contributed by atoms with Crippen molar-refractivity contribution in [1.82, 2.24) is 0 Å². The predicted molar refractivity (Wildman–Crippen MR) is 90.3 cm³/mol. The average molecular weight is 308 g/mol. The number of nitrogens with one attached hydrogen (secondary N) is 1. The minimum absolute atomic E-state index is 0.299. The summed E-state index contributed by atoms with van der Waals surface area (Å²) in [5.41, 5.74) is 3.62. The lowest BCUT2D eigenvalue weighted by Gasteiger charge is -2.14. The standard InChI is InChI=1S/C19H20N2O2/c1-13-8-9-14(2)17(10-13)21-19(22)16(12-20)11-15-6-4-5-7-18(15)23-3/h4-10,16H,11H2,1-3H3,(H,21,22)/t16-/m1/s1. The molecule has 0 aliphatic carbocycles. The number of hydrogen-bond acceptors (Lipinski definition) is 3. The van der Waals surface area contributed by atoms with Gasteiger partial charge in [-0.15, -0.1) is 0 Å². The van der Waals surface area contributed by atoms with E-state index in [0.29, 0.717) is 12.2 Å². The Labute approximate surface area is 136 Å². The number of carbonyl (C=O) groups excluding carboxylic acids is 1. The molecule has 2 aromatic carbocycles. The maximum absolute atomic E-state index is 12.4. The summed E-state index contributed by atoms with van der Waals surface area (Å²) >= 11 is 0. The molecule has 23 heavy (non-hydrogen) atoms. The molecule has 0 fully saturated rings. The molecule has 0 bridgehead atoms. The van der Waals surface area contributed by atoms with E-state index in [4.69, 9.17) is 4.74 Å². The van der Waals surface area contributed by atoms with Gasteiger partial charge in [-0.3, -0.25) is 4.79 Å². The van der Waals surface area contributed by atoms with Crippen LogP contribution in [0.2, 0.25) is 0 Å². The molecule has 0 radical (unpaired) electrons. The van der Waals surface area contributed by atoms with Crippen molar-refractivity contribution >= 4 is 11.6 Å². The van der Waals surface area contributed by atoms with Crippen molar-refractivity contribution in [3.05, 3.63) is 59.2 Å². The number of benzene rings is 2. The maximum Gasteiger partial charge on any atom is 0.242 e. The molecule has 0 heterocycles. The van der Waals surface area contributed by atoms with E-state index in [1.165, 1.54) is 0 Å². The third-order valence-electron chi connectivity index (χ3n) is 3.74. The quantitative estimate of drug-likeness (QED) is 0.917. The van der Waals surface area contributed by atoms with Crippen LogP contribution in [0, 0.1) is 31.1 Å². The monoisotopic (exact) mass is 308 g/mol. The van der Waals surface area contributed by atoms with Crippen molar-refractivity contribution in [1.29, 1.82) is 5.26 Å². The average Bonchev–Trinajstić information content (AvgIpc) is 2.56. The maximum atomic E-state index is 12.4. The molecular formula is C19H20N2O2. The zero-order valence-electron chi connectivity index (χ0n) is 13.6. The number of hydrogen-bond donors (Lipinski definition) is 1. The fourth-order valence-corrected chi connectivity index (χ4v) is 2.38. The Morgan fingerprint density at radius 2 is 2.00 bits per heavy atom. The van der Waals surface area contributed by atoms with Crippen molar-refractivity contribution in [3.63, 3.8) is 0 Å². The molecule has 4 heteroatoms. The first-order chi connectivity index (χ1) is 11.0. The second-order valence-electron chi connectivity index (χ2n) is 5.51. The summed E-state index contributed by atoms with van der Waals surface area (Å²) < 4.78 is 5.28. The SMILES string of the molecule is COc1ccccc1C[C@H](C#N)C(=O)Nc1cc(C)ccc1C. The van der Waals surface area contributed by atoms with E-state index in [-0.39, 0.29) is 5.91 Å². The fraction of sp³-hybridized carbons (Fsp3) is 0.263. The van der Waals surface area contributed by atoms with Gasteiger partial charge in [0.2, 0.25) is 5.91 Å². The van der Waals surface area contributed by atoms with Gasteiger partial charge >= 0.3 is 0 Å². The Hall–Kier alpha value is -2.80. The van der Waals surface area contributed by atoms with Crippen molar-refractivity contribution in [2.75, 3.05) is 12.4 Å². The van der Waals surface area contributed by atoms with E-state index in [9.17, 15) is 10.1 Å². The number of aryl methyl sites for hydroxylation is 2. The summed E-state index contributed by atoms with van der Waals surface area (Å²) in [6.07, 6.45) is 0.317. The first-order valence-electron chi connectivity index (χ1n) is 7.44. The number of ether oxygens (including phenoxy) is 1. The molecule has 118 valence electrons. The molecule has 0 aromatic heterocycles. The number of amides is 1. The van der Waals surface area contributed by atoms with Crippen molar-refractivity contribution < 1.29 is 9.53 Å². The molecule has 1 amide bonds. The Balaban J connectivity index is 2.16. The fourth-order valence-electron chi connectivity index (χ4n) is 2.38. The molecule has 1 atom stereocenters. The largest absolute Gasteiger partial charge is 0.496 e. The van der Waals surface area contributed by atoms with E-state index in [1.807, 2.05) is 56.3 Å². The van der Waals surface area contributed by atoms with Gasteiger partial charge in [-0.05, 0) is 42.7 Å². The van der Waals surface area contributed by atoms with Gasteiger partial charge in [-0.25, -0.2) is 0 Å². The van der Waals surface area contributed by atoms with Crippen molar-refractivity contribution in [2.45, 2.75) is 20.3 Å². The highest BCUT2D eigenvalue weighted by Gasteiger charge is 2.20. The molecule has 2 aromatic rings. The van der Waals surface area contributed by atoms with Crippen LogP contribution >= 0.6 is 0 Å². The summed E-state index contributed by atoms with van der Waals surface area (Å²) in [4.78, 5) is 12.4. The van der Waals surface area contributed by atoms with Gasteiger partial charge in [0.15, 0.2) is 0 Å². The molecule has 0 unspecified atom stereocenters. The van der Waals surface area contributed by atoms with Crippen LogP contribution in [0.15, 0.2) is 42.5 Å². The molecule has 0 aliphatic rings. The third kappa shape index (κ3) is 4.10. The Bertz CT molecular complexity index is 747. The van der Waals surface area contributed by atoms with E-state index in [0.717, 1.165) is 22.4 Å². The zero-order chi connectivity index (χ0) is 16.8. The molecule has 1 N–H and O–H groups in total. The Kier molecular flexibility index (Phi) is 5.37. The smallest absolute Gasteiger partial charge is 0.242 e. The third-order valence-corrected chi connectivity index (χ3v) is 3.74. The molecular weight excluding hydrogens is 288 g/mol. The first-order valence-corrected chi connectivity index (χ1v) is 7.44. The minimum Gasteiger partial charge on any atom is -0.496 e. The van der Waals surface area contributed by atoms with Gasteiger partial charge in [0, 0.05) is 12.1 Å². The number of anilines is 1. The Morgan fingerprint density at radius 3 is 2.70 bits per heavy atom. The first kappa shape index (κ1) is 16.6. The van der Waals surface area contributed by atoms with Crippen LogP contribution < -0.4 is 10.1 Å². The van der Waals surface area contributed by atoms with Crippen LogP contribution in [0.25, 0.3) is 0 Å². The molecule has 0 saturated carbocycles. The number of para-hydroxylation sites is 1. The molecule has 4 nitrogen and oxygen atoms in total. The normalized spacial score (nSPS) is 11.4. The van der Waals surface area contributed by atoms with Crippen LogP contribution in [-0.4, -0.2) is 13.0 Å².